The number of hydrogen-bond acceptors (Lipinski definition) is 5. The number of halogens is 1. The van der Waals surface area contributed by atoms with Gasteiger partial charge in [0.15, 0.2) is 0 Å². The minimum absolute atomic E-state index is 0.0467. The van der Waals surface area contributed by atoms with Crippen LogP contribution in [-0.2, 0) is 17.9 Å². The summed E-state index contributed by atoms with van der Waals surface area (Å²) in [7, 11) is 0. The van der Waals surface area contributed by atoms with E-state index in [4.69, 9.17) is 0 Å². The molecule has 0 saturated carbocycles. The fourth-order valence-corrected chi connectivity index (χ4v) is 1.87. The second-order valence-corrected chi connectivity index (χ2v) is 4.56. The van der Waals surface area contributed by atoms with Crippen LogP contribution in [0.3, 0.4) is 0 Å². The Morgan fingerprint density at radius 3 is 3.05 bits per heavy atom. The third kappa shape index (κ3) is 3.32. The number of aromatic nitrogens is 6. The number of carbonyl (C=O) groups excluding carboxylic acids is 1. The minimum Gasteiger partial charge on any atom is -0.350 e. The van der Waals surface area contributed by atoms with Gasteiger partial charge in [-0.2, -0.15) is 5.10 Å². The Balaban J connectivity index is 1.59. The quantitative estimate of drug-likeness (QED) is 0.732. The molecule has 3 aromatic rings. The van der Waals surface area contributed by atoms with Crippen LogP contribution in [0.5, 0.6) is 0 Å². The zero-order chi connectivity index (χ0) is 15.4. The molecule has 22 heavy (non-hydrogen) atoms. The van der Waals surface area contributed by atoms with Crippen molar-refractivity contribution in [2.45, 2.75) is 13.1 Å². The summed E-state index contributed by atoms with van der Waals surface area (Å²) in [5.74, 6) is -0.546. The molecule has 2 heterocycles. The topological polar surface area (TPSA) is 90.5 Å². The van der Waals surface area contributed by atoms with E-state index in [-0.39, 0.29) is 18.3 Å². The van der Waals surface area contributed by atoms with E-state index >= 15 is 0 Å². The third-order valence-electron chi connectivity index (χ3n) is 2.90. The Kier molecular flexibility index (Phi) is 3.86. The van der Waals surface area contributed by atoms with Gasteiger partial charge in [-0.3, -0.25) is 4.79 Å². The van der Waals surface area contributed by atoms with Crippen molar-refractivity contribution >= 4 is 5.91 Å². The molecule has 9 heteroatoms. The summed E-state index contributed by atoms with van der Waals surface area (Å²) < 4.78 is 16.0. The van der Waals surface area contributed by atoms with Crippen molar-refractivity contribution in [3.63, 3.8) is 0 Å². The van der Waals surface area contributed by atoms with Gasteiger partial charge < -0.3 is 5.32 Å². The fraction of sp³-hybridized carbons (Fsp3) is 0.154. The number of benzene rings is 1. The maximum absolute atomic E-state index is 13.2. The van der Waals surface area contributed by atoms with E-state index in [0.717, 1.165) is 5.56 Å². The van der Waals surface area contributed by atoms with Gasteiger partial charge in [0.05, 0.1) is 11.9 Å². The highest BCUT2D eigenvalue weighted by Gasteiger charge is 2.06. The molecule has 0 spiro atoms. The summed E-state index contributed by atoms with van der Waals surface area (Å²) >= 11 is 0. The Bertz CT molecular complexity index is 768. The summed E-state index contributed by atoms with van der Waals surface area (Å²) in [6, 6.07) is 6.11. The van der Waals surface area contributed by atoms with E-state index in [1.54, 1.807) is 29.2 Å². The van der Waals surface area contributed by atoms with E-state index < -0.39 is 0 Å². The molecule has 0 fully saturated rings. The molecule has 0 unspecified atom stereocenters. The first kappa shape index (κ1) is 13.9. The Labute approximate surface area is 124 Å². The number of carbonyl (C=O) groups is 1. The van der Waals surface area contributed by atoms with Crippen LogP contribution >= 0.6 is 0 Å². The molecule has 8 nitrogen and oxygen atoms in total. The van der Waals surface area contributed by atoms with E-state index in [9.17, 15) is 9.18 Å². The first-order valence-corrected chi connectivity index (χ1v) is 6.48. The molecule has 112 valence electrons. The smallest absolute Gasteiger partial charge is 0.242 e. The zero-order valence-corrected chi connectivity index (χ0v) is 11.4. The van der Waals surface area contributed by atoms with Crippen LogP contribution in [0, 0.1) is 5.82 Å². The van der Waals surface area contributed by atoms with Crippen molar-refractivity contribution in [1.82, 2.24) is 35.3 Å². The van der Waals surface area contributed by atoms with Gasteiger partial charge in [0.25, 0.3) is 0 Å². The van der Waals surface area contributed by atoms with Crippen molar-refractivity contribution in [3.05, 3.63) is 54.4 Å². The molecular formula is C13H12FN7O. The highest BCUT2D eigenvalue weighted by Crippen LogP contribution is 2.09. The van der Waals surface area contributed by atoms with Crippen molar-refractivity contribution in [1.29, 1.82) is 0 Å². The van der Waals surface area contributed by atoms with Crippen LogP contribution in [0.15, 0.2) is 43.0 Å². The van der Waals surface area contributed by atoms with Gasteiger partial charge in [-0.25, -0.2) is 13.8 Å². The van der Waals surface area contributed by atoms with Gasteiger partial charge >= 0.3 is 0 Å². The van der Waals surface area contributed by atoms with Crippen LogP contribution < -0.4 is 5.32 Å². The number of nitrogens with one attached hydrogen (secondary N) is 1. The van der Waals surface area contributed by atoms with E-state index in [0.29, 0.717) is 12.2 Å². The molecule has 0 aliphatic rings. The molecule has 3 rings (SSSR count). The number of amides is 1. The second-order valence-electron chi connectivity index (χ2n) is 4.56. The van der Waals surface area contributed by atoms with Crippen LogP contribution in [0.4, 0.5) is 4.39 Å². The Hall–Kier alpha value is -3.10. The second kappa shape index (κ2) is 6.12. The first-order valence-electron chi connectivity index (χ1n) is 6.48. The average molecular weight is 301 g/mol. The molecule has 0 bridgehead atoms. The molecule has 1 aromatic carbocycles. The molecule has 2 aromatic heterocycles. The van der Waals surface area contributed by atoms with Gasteiger partial charge in [-0.15, -0.1) is 5.10 Å². The number of hydrogen-bond donors (Lipinski definition) is 1. The Morgan fingerprint density at radius 2 is 2.27 bits per heavy atom. The van der Waals surface area contributed by atoms with Crippen molar-refractivity contribution in [2.24, 2.45) is 0 Å². The van der Waals surface area contributed by atoms with Gasteiger partial charge in [0.1, 0.15) is 18.7 Å². The maximum atomic E-state index is 13.2. The lowest BCUT2D eigenvalue weighted by molar-refractivity contribution is -0.122. The van der Waals surface area contributed by atoms with Crippen LogP contribution in [-0.4, -0.2) is 35.9 Å². The van der Waals surface area contributed by atoms with E-state index in [2.05, 4.69) is 25.9 Å². The summed E-state index contributed by atoms with van der Waals surface area (Å²) in [5, 5.41) is 17.4. The molecule has 0 aliphatic carbocycles. The predicted molar refractivity (Wildman–Crippen MR) is 73.2 cm³/mol. The monoisotopic (exact) mass is 301 g/mol. The average Bonchev–Trinajstić information content (AvgIpc) is 3.16. The summed E-state index contributed by atoms with van der Waals surface area (Å²) in [5.41, 5.74) is 1.42. The predicted octanol–water partition coefficient (Wildman–Crippen LogP) is 0.314. The molecule has 0 aliphatic heterocycles. The normalized spacial score (nSPS) is 10.6. The van der Waals surface area contributed by atoms with E-state index in [1.807, 2.05) is 0 Å². The molecular weight excluding hydrogens is 289 g/mol. The molecule has 0 radical (unpaired) electrons. The lowest BCUT2D eigenvalue weighted by atomic mass is 10.3. The standard InChI is InChI=1S/C13H12FN7O/c14-11-2-1-3-12(4-11)21-7-10(6-17-21)5-15-13(22)8-20-9-16-18-19-20/h1-4,6-7,9H,5,8H2,(H,15,22). The van der Waals surface area contributed by atoms with Crippen molar-refractivity contribution < 1.29 is 9.18 Å². The van der Waals surface area contributed by atoms with Gasteiger partial charge in [0, 0.05) is 18.3 Å². The summed E-state index contributed by atoms with van der Waals surface area (Å²) in [6.07, 6.45) is 4.70. The highest BCUT2D eigenvalue weighted by molar-refractivity contribution is 5.75. The largest absolute Gasteiger partial charge is 0.350 e. The number of tetrazole rings is 1. The SMILES string of the molecule is O=C(Cn1cnnn1)NCc1cnn(-c2cccc(F)c2)c1. The van der Waals surface area contributed by atoms with Gasteiger partial charge in [-0.1, -0.05) is 6.07 Å². The summed E-state index contributed by atoms with van der Waals surface area (Å²) in [6.45, 7) is 0.362. The molecule has 1 amide bonds. The van der Waals surface area contributed by atoms with Crippen LogP contribution in [0.25, 0.3) is 5.69 Å². The lowest BCUT2D eigenvalue weighted by Crippen LogP contribution is -2.27. The van der Waals surface area contributed by atoms with Gasteiger partial charge in [-0.05, 0) is 28.6 Å². The van der Waals surface area contributed by atoms with Crippen LogP contribution in [0.1, 0.15) is 5.56 Å². The Morgan fingerprint density at radius 1 is 1.36 bits per heavy atom. The first-order chi connectivity index (χ1) is 10.7. The zero-order valence-electron chi connectivity index (χ0n) is 11.4. The maximum Gasteiger partial charge on any atom is 0.242 e. The molecule has 1 N–H and O–H groups in total. The van der Waals surface area contributed by atoms with Crippen LogP contribution in [0.2, 0.25) is 0 Å². The van der Waals surface area contributed by atoms with Crippen molar-refractivity contribution in [3.8, 4) is 5.69 Å². The molecule has 0 atom stereocenters. The lowest BCUT2D eigenvalue weighted by Gasteiger charge is -2.03. The minimum atomic E-state index is -0.329. The number of rotatable bonds is 5. The summed E-state index contributed by atoms with van der Waals surface area (Å²) in [4.78, 5) is 11.7. The van der Waals surface area contributed by atoms with Gasteiger partial charge in [0.2, 0.25) is 5.91 Å². The number of nitrogens with zero attached hydrogens (tertiary/aromatic N) is 6. The van der Waals surface area contributed by atoms with E-state index in [1.165, 1.54) is 23.1 Å². The third-order valence-corrected chi connectivity index (χ3v) is 2.90. The van der Waals surface area contributed by atoms with Crippen molar-refractivity contribution in [2.75, 3.05) is 0 Å². The highest BCUT2D eigenvalue weighted by atomic mass is 19.1. The molecule has 0 saturated heterocycles. The fourth-order valence-electron chi connectivity index (χ4n) is 1.87.